The zero-order chi connectivity index (χ0) is 13.8. The highest BCUT2D eigenvalue weighted by atomic mass is 16.5. The van der Waals surface area contributed by atoms with Crippen LogP contribution in [0.5, 0.6) is 5.75 Å². The number of pyridine rings is 1. The minimum Gasteiger partial charge on any atom is -0.497 e. The van der Waals surface area contributed by atoms with Crippen LogP contribution in [0, 0.1) is 6.92 Å². The summed E-state index contributed by atoms with van der Waals surface area (Å²) in [5.74, 6) is 1.68. The molecule has 0 fully saturated rings. The summed E-state index contributed by atoms with van der Waals surface area (Å²) in [5.41, 5.74) is 2.73. The van der Waals surface area contributed by atoms with Crippen molar-refractivity contribution in [2.24, 2.45) is 0 Å². The summed E-state index contributed by atoms with van der Waals surface area (Å²) in [5, 5.41) is 9.16. The number of nitrogens with zero attached hydrogens (tertiary/aromatic N) is 2. The van der Waals surface area contributed by atoms with Crippen LogP contribution in [0.1, 0.15) is 11.3 Å². The first-order valence-electron chi connectivity index (χ1n) is 6.11. The van der Waals surface area contributed by atoms with Gasteiger partial charge in [0.15, 0.2) is 0 Å². The normalized spacial score (nSPS) is 10.3. The van der Waals surface area contributed by atoms with E-state index in [9.17, 15) is 0 Å². The van der Waals surface area contributed by atoms with Gasteiger partial charge in [-0.25, -0.2) is 4.98 Å². The highest BCUT2D eigenvalue weighted by molar-refractivity contribution is 5.60. The molecule has 1 aromatic carbocycles. The Morgan fingerprint density at radius 2 is 1.84 bits per heavy atom. The summed E-state index contributed by atoms with van der Waals surface area (Å²) in [6.07, 6.45) is 0. The molecule has 4 nitrogen and oxygen atoms in total. The molecule has 0 amide bonds. The second kappa shape index (κ2) is 5.71. The molecule has 1 heterocycles. The van der Waals surface area contributed by atoms with Gasteiger partial charge in [0, 0.05) is 18.4 Å². The van der Waals surface area contributed by atoms with Crippen molar-refractivity contribution in [3.63, 3.8) is 0 Å². The number of aliphatic hydroxyl groups excluding tert-OH is 1. The van der Waals surface area contributed by atoms with E-state index in [-0.39, 0.29) is 6.61 Å². The molecule has 100 valence electrons. The maximum absolute atomic E-state index is 9.16. The zero-order valence-corrected chi connectivity index (χ0v) is 11.4. The van der Waals surface area contributed by atoms with Crippen molar-refractivity contribution < 1.29 is 9.84 Å². The molecular weight excluding hydrogens is 240 g/mol. The minimum absolute atomic E-state index is 0.0192. The summed E-state index contributed by atoms with van der Waals surface area (Å²) >= 11 is 0. The molecule has 2 aromatic rings. The fourth-order valence-electron chi connectivity index (χ4n) is 1.87. The lowest BCUT2D eigenvalue weighted by atomic mass is 10.2. The lowest BCUT2D eigenvalue weighted by Crippen LogP contribution is -2.12. The molecule has 0 aliphatic rings. The van der Waals surface area contributed by atoms with Gasteiger partial charge in [-0.3, -0.25) is 0 Å². The molecule has 2 rings (SSSR count). The maximum atomic E-state index is 9.16. The lowest BCUT2D eigenvalue weighted by molar-refractivity contribution is 0.280. The summed E-state index contributed by atoms with van der Waals surface area (Å²) in [6, 6.07) is 11.6. The molecule has 0 bridgehead atoms. The first-order valence-corrected chi connectivity index (χ1v) is 6.11. The fourth-order valence-corrected chi connectivity index (χ4v) is 1.87. The number of methoxy groups -OCH3 is 1. The molecule has 0 aliphatic carbocycles. The Bertz CT molecular complexity index is 553. The first kappa shape index (κ1) is 13.4. The van der Waals surface area contributed by atoms with Crippen molar-refractivity contribution in [2.75, 3.05) is 19.1 Å². The smallest absolute Gasteiger partial charge is 0.132 e. The van der Waals surface area contributed by atoms with E-state index in [0.29, 0.717) is 0 Å². The minimum atomic E-state index is 0.0192. The SMILES string of the molecule is COc1ccc(N(C)c2ccc(CO)c(C)n2)cc1. The van der Waals surface area contributed by atoms with Crippen molar-refractivity contribution in [1.29, 1.82) is 0 Å². The van der Waals surface area contributed by atoms with Crippen LogP contribution in [0.2, 0.25) is 0 Å². The predicted molar refractivity (Wildman–Crippen MR) is 76.0 cm³/mol. The molecule has 0 aliphatic heterocycles. The van der Waals surface area contributed by atoms with E-state index in [1.54, 1.807) is 7.11 Å². The van der Waals surface area contributed by atoms with E-state index in [0.717, 1.165) is 28.5 Å². The molecule has 19 heavy (non-hydrogen) atoms. The number of aromatic nitrogens is 1. The van der Waals surface area contributed by atoms with E-state index in [2.05, 4.69) is 4.98 Å². The Hall–Kier alpha value is -2.07. The van der Waals surface area contributed by atoms with E-state index in [4.69, 9.17) is 9.84 Å². The van der Waals surface area contributed by atoms with Crippen LogP contribution >= 0.6 is 0 Å². The van der Waals surface area contributed by atoms with Gasteiger partial charge in [0.05, 0.1) is 13.7 Å². The molecule has 0 unspecified atom stereocenters. The third-order valence-corrected chi connectivity index (χ3v) is 3.15. The van der Waals surface area contributed by atoms with E-state index in [1.807, 2.05) is 55.3 Å². The van der Waals surface area contributed by atoms with Crippen molar-refractivity contribution in [2.45, 2.75) is 13.5 Å². The second-order valence-corrected chi connectivity index (χ2v) is 4.33. The summed E-state index contributed by atoms with van der Waals surface area (Å²) in [6.45, 7) is 1.92. The van der Waals surface area contributed by atoms with Crippen LogP contribution in [0.4, 0.5) is 11.5 Å². The number of hydrogen-bond donors (Lipinski definition) is 1. The van der Waals surface area contributed by atoms with Crippen molar-refractivity contribution in [3.8, 4) is 5.75 Å². The first-order chi connectivity index (χ1) is 9.15. The number of hydrogen-bond acceptors (Lipinski definition) is 4. The Morgan fingerprint density at radius 1 is 1.16 bits per heavy atom. The van der Waals surface area contributed by atoms with Gasteiger partial charge in [-0.1, -0.05) is 6.07 Å². The van der Waals surface area contributed by atoms with Crippen LogP contribution in [0.25, 0.3) is 0 Å². The molecular formula is C15H18N2O2. The van der Waals surface area contributed by atoms with Gasteiger partial charge < -0.3 is 14.7 Å². The van der Waals surface area contributed by atoms with Crippen molar-refractivity contribution in [1.82, 2.24) is 4.98 Å². The predicted octanol–water partition coefficient (Wildman–Crippen LogP) is 2.66. The van der Waals surface area contributed by atoms with E-state index < -0.39 is 0 Å². The van der Waals surface area contributed by atoms with Gasteiger partial charge in [0.25, 0.3) is 0 Å². The van der Waals surface area contributed by atoms with Crippen LogP contribution < -0.4 is 9.64 Å². The van der Waals surface area contributed by atoms with Gasteiger partial charge in [-0.05, 0) is 42.8 Å². The van der Waals surface area contributed by atoms with Gasteiger partial charge in [0.2, 0.25) is 0 Å². The van der Waals surface area contributed by atoms with Crippen molar-refractivity contribution in [3.05, 3.63) is 47.7 Å². The standard InChI is InChI=1S/C15H18N2O2/c1-11-12(10-18)4-9-15(16-11)17(2)13-5-7-14(19-3)8-6-13/h4-9,18H,10H2,1-3H3. The Labute approximate surface area is 113 Å². The molecule has 0 spiro atoms. The second-order valence-electron chi connectivity index (χ2n) is 4.33. The van der Waals surface area contributed by atoms with Gasteiger partial charge in [0.1, 0.15) is 11.6 Å². The number of benzene rings is 1. The summed E-state index contributed by atoms with van der Waals surface area (Å²) < 4.78 is 5.14. The molecule has 1 N–H and O–H groups in total. The Balaban J connectivity index is 2.27. The largest absolute Gasteiger partial charge is 0.497 e. The zero-order valence-electron chi connectivity index (χ0n) is 11.4. The quantitative estimate of drug-likeness (QED) is 0.915. The topological polar surface area (TPSA) is 45.6 Å². The monoisotopic (exact) mass is 258 g/mol. The molecule has 0 radical (unpaired) electrons. The third-order valence-electron chi connectivity index (χ3n) is 3.15. The molecule has 0 saturated carbocycles. The highest BCUT2D eigenvalue weighted by Crippen LogP contribution is 2.24. The molecule has 1 aromatic heterocycles. The van der Waals surface area contributed by atoms with Crippen LogP contribution in [0.15, 0.2) is 36.4 Å². The molecule has 4 heteroatoms. The van der Waals surface area contributed by atoms with E-state index >= 15 is 0 Å². The molecule has 0 atom stereocenters. The van der Waals surface area contributed by atoms with Crippen molar-refractivity contribution >= 4 is 11.5 Å². The summed E-state index contributed by atoms with van der Waals surface area (Å²) in [4.78, 5) is 6.49. The number of aryl methyl sites for hydroxylation is 1. The van der Waals surface area contributed by atoms with Crippen LogP contribution in [0.3, 0.4) is 0 Å². The van der Waals surface area contributed by atoms with Crippen LogP contribution in [-0.2, 0) is 6.61 Å². The summed E-state index contributed by atoms with van der Waals surface area (Å²) in [7, 11) is 3.61. The van der Waals surface area contributed by atoms with Crippen LogP contribution in [-0.4, -0.2) is 24.2 Å². The average Bonchev–Trinajstić information content (AvgIpc) is 2.46. The van der Waals surface area contributed by atoms with Gasteiger partial charge >= 0.3 is 0 Å². The van der Waals surface area contributed by atoms with Gasteiger partial charge in [-0.2, -0.15) is 0 Å². The number of rotatable bonds is 4. The number of aliphatic hydroxyl groups is 1. The van der Waals surface area contributed by atoms with E-state index in [1.165, 1.54) is 0 Å². The maximum Gasteiger partial charge on any atom is 0.132 e. The number of ether oxygens (including phenoxy) is 1. The third kappa shape index (κ3) is 2.85. The highest BCUT2D eigenvalue weighted by Gasteiger charge is 2.07. The average molecular weight is 258 g/mol. The molecule has 0 saturated heterocycles. The Kier molecular flexibility index (Phi) is 4.02. The van der Waals surface area contributed by atoms with Gasteiger partial charge in [-0.15, -0.1) is 0 Å². The fraction of sp³-hybridized carbons (Fsp3) is 0.267. The number of anilines is 2. The Morgan fingerprint density at radius 3 is 2.37 bits per heavy atom. The lowest BCUT2D eigenvalue weighted by Gasteiger charge is -2.19.